The summed E-state index contributed by atoms with van der Waals surface area (Å²) >= 11 is 2.17. The van der Waals surface area contributed by atoms with Crippen LogP contribution in [-0.4, -0.2) is 64.9 Å². The van der Waals surface area contributed by atoms with Crippen molar-refractivity contribution >= 4 is 34.4 Å². The zero-order valence-electron chi connectivity index (χ0n) is 20.3. The van der Waals surface area contributed by atoms with Gasteiger partial charge in [0.05, 0.1) is 16.2 Å². The third-order valence-electron chi connectivity index (χ3n) is 6.03. The van der Waals surface area contributed by atoms with E-state index in [1.165, 1.54) is 0 Å². The first kappa shape index (κ1) is 28.6. The van der Waals surface area contributed by atoms with Crippen LogP contribution in [0.3, 0.4) is 0 Å². The van der Waals surface area contributed by atoms with E-state index in [1.54, 1.807) is 11.0 Å². The van der Waals surface area contributed by atoms with Gasteiger partial charge in [-0.2, -0.15) is 0 Å². The summed E-state index contributed by atoms with van der Waals surface area (Å²) in [6, 6.07) is 6.94. The lowest BCUT2D eigenvalue weighted by molar-refractivity contribution is -0.138. The summed E-state index contributed by atoms with van der Waals surface area (Å²) in [7, 11) is 0. The lowest BCUT2D eigenvalue weighted by Crippen LogP contribution is -2.55. The number of hydrogen-bond acceptors (Lipinski definition) is 5. The number of amides is 2. The Bertz CT molecular complexity index is 816. The summed E-state index contributed by atoms with van der Waals surface area (Å²) in [5.41, 5.74) is 0.460. The summed E-state index contributed by atoms with van der Waals surface area (Å²) < 4.78 is 7.06. The molecule has 0 bridgehead atoms. The minimum absolute atomic E-state index is 0.00690. The highest BCUT2D eigenvalue weighted by Gasteiger charge is 2.40. The number of para-hydroxylation sites is 1. The van der Waals surface area contributed by atoms with E-state index in [4.69, 9.17) is 9.84 Å². The van der Waals surface area contributed by atoms with Crippen molar-refractivity contribution in [3.05, 3.63) is 39.5 Å². The molecule has 0 saturated heterocycles. The molecule has 190 valence electrons. The number of ether oxygens (including phenoxy) is 1. The SMILES string of the molecule is CCCCCCN(C(=O)CCCC)C1CC(C(=O)NCCO)=CC(Oc2ccccc2I)C1O. The number of aliphatic hydroxyl groups excluding tert-OH is 2. The smallest absolute Gasteiger partial charge is 0.247 e. The molecular weight excluding hydrogens is 547 g/mol. The van der Waals surface area contributed by atoms with Crippen molar-refractivity contribution in [3.63, 3.8) is 0 Å². The topological polar surface area (TPSA) is 99.1 Å². The Morgan fingerprint density at radius 1 is 1.15 bits per heavy atom. The quantitative estimate of drug-likeness (QED) is 0.228. The lowest BCUT2D eigenvalue weighted by Gasteiger charge is -2.40. The van der Waals surface area contributed by atoms with Crippen molar-refractivity contribution in [1.82, 2.24) is 10.2 Å². The molecule has 0 fully saturated rings. The van der Waals surface area contributed by atoms with E-state index in [0.29, 0.717) is 24.3 Å². The summed E-state index contributed by atoms with van der Waals surface area (Å²) in [5.74, 6) is 0.313. The molecule has 1 aromatic rings. The molecule has 1 aliphatic rings. The fourth-order valence-corrected chi connectivity index (χ4v) is 4.64. The van der Waals surface area contributed by atoms with Gasteiger partial charge in [0.2, 0.25) is 11.8 Å². The van der Waals surface area contributed by atoms with Gasteiger partial charge in [0.1, 0.15) is 18.0 Å². The van der Waals surface area contributed by atoms with Crippen LogP contribution in [0.2, 0.25) is 0 Å². The van der Waals surface area contributed by atoms with Crippen LogP contribution in [0.1, 0.15) is 65.2 Å². The number of rotatable bonds is 14. The fraction of sp³-hybridized carbons (Fsp3) is 0.615. The monoisotopic (exact) mass is 586 g/mol. The zero-order valence-corrected chi connectivity index (χ0v) is 22.5. The Morgan fingerprint density at radius 2 is 1.88 bits per heavy atom. The molecule has 3 unspecified atom stereocenters. The number of aliphatic hydroxyl groups is 2. The molecule has 0 spiro atoms. The average Bonchev–Trinajstić information content (AvgIpc) is 2.84. The second kappa shape index (κ2) is 15.4. The van der Waals surface area contributed by atoms with Crippen LogP contribution in [0.25, 0.3) is 0 Å². The number of carbonyl (C=O) groups excluding carboxylic acids is 2. The maximum absolute atomic E-state index is 13.2. The van der Waals surface area contributed by atoms with Crippen LogP contribution in [0.5, 0.6) is 5.75 Å². The first-order chi connectivity index (χ1) is 16.4. The molecule has 34 heavy (non-hydrogen) atoms. The van der Waals surface area contributed by atoms with Crippen LogP contribution in [0.15, 0.2) is 35.9 Å². The normalized spacial score (nSPS) is 19.9. The number of hydrogen-bond donors (Lipinski definition) is 3. The highest BCUT2D eigenvalue weighted by atomic mass is 127. The zero-order chi connectivity index (χ0) is 24.9. The van der Waals surface area contributed by atoms with Gasteiger partial charge in [-0.05, 0) is 53.6 Å². The molecule has 7 nitrogen and oxygen atoms in total. The highest BCUT2D eigenvalue weighted by molar-refractivity contribution is 14.1. The molecule has 0 saturated carbocycles. The van der Waals surface area contributed by atoms with Gasteiger partial charge >= 0.3 is 0 Å². The summed E-state index contributed by atoms with van der Waals surface area (Å²) in [4.78, 5) is 27.8. The van der Waals surface area contributed by atoms with Gasteiger partial charge in [-0.25, -0.2) is 0 Å². The number of carbonyl (C=O) groups is 2. The van der Waals surface area contributed by atoms with Crippen molar-refractivity contribution < 1.29 is 24.5 Å². The van der Waals surface area contributed by atoms with Gasteiger partial charge in [-0.15, -0.1) is 0 Å². The molecule has 2 rings (SSSR count). The van der Waals surface area contributed by atoms with Gasteiger partial charge in [-0.1, -0.05) is 51.7 Å². The van der Waals surface area contributed by atoms with E-state index in [2.05, 4.69) is 34.8 Å². The highest BCUT2D eigenvalue weighted by Crippen LogP contribution is 2.30. The molecule has 1 aliphatic carbocycles. The van der Waals surface area contributed by atoms with Crippen molar-refractivity contribution in [3.8, 4) is 5.75 Å². The fourth-order valence-electron chi connectivity index (χ4n) is 4.12. The average molecular weight is 587 g/mol. The third-order valence-corrected chi connectivity index (χ3v) is 6.92. The lowest BCUT2D eigenvalue weighted by atomic mass is 9.87. The van der Waals surface area contributed by atoms with Crippen LogP contribution in [0, 0.1) is 3.57 Å². The number of halogens is 1. The van der Waals surface area contributed by atoms with E-state index in [0.717, 1.165) is 42.1 Å². The first-order valence-electron chi connectivity index (χ1n) is 12.4. The number of unbranched alkanes of at least 4 members (excludes halogenated alkanes) is 4. The molecule has 8 heteroatoms. The van der Waals surface area contributed by atoms with Gasteiger partial charge in [0.25, 0.3) is 0 Å². The third kappa shape index (κ3) is 8.53. The Morgan fingerprint density at radius 3 is 2.56 bits per heavy atom. The maximum Gasteiger partial charge on any atom is 0.247 e. The van der Waals surface area contributed by atoms with Crippen molar-refractivity contribution in [1.29, 1.82) is 0 Å². The largest absolute Gasteiger partial charge is 0.482 e. The predicted molar refractivity (Wildman–Crippen MR) is 142 cm³/mol. The Balaban J connectivity index is 2.33. The van der Waals surface area contributed by atoms with Crippen LogP contribution in [-0.2, 0) is 9.59 Å². The molecular formula is C26H39IN2O5. The van der Waals surface area contributed by atoms with E-state index in [1.807, 2.05) is 31.2 Å². The summed E-state index contributed by atoms with van der Waals surface area (Å²) in [6.45, 7) is 4.72. The number of nitrogens with zero attached hydrogens (tertiary/aromatic N) is 1. The second-order valence-corrected chi connectivity index (χ2v) is 9.86. The van der Waals surface area contributed by atoms with Crippen molar-refractivity contribution in [2.24, 2.45) is 0 Å². The van der Waals surface area contributed by atoms with Crippen molar-refractivity contribution in [2.75, 3.05) is 19.7 Å². The van der Waals surface area contributed by atoms with Crippen LogP contribution >= 0.6 is 22.6 Å². The van der Waals surface area contributed by atoms with Gasteiger partial charge < -0.3 is 25.2 Å². The molecule has 0 aromatic heterocycles. The van der Waals surface area contributed by atoms with Crippen LogP contribution in [0.4, 0.5) is 0 Å². The minimum atomic E-state index is -0.970. The number of benzene rings is 1. The van der Waals surface area contributed by atoms with E-state index >= 15 is 0 Å². The van der Waals surface area contributed by atoms with Gasteiger partial charge in [-0.3, -0.25) is 9.59 Å². The van der Waals surface area contributed by atoms with Crippen molar-refractivity contribution in [2.45, 2.75) is 83.5 Å². The molecule has 2 amide bonds. The number of nitrogens with one attached hydrogen (secondary N) is 1. The molecule has 0 heterocycles. The predicted octanol–water partition coefficient (Wildman–Crippen LogP) is 3.81. The first-order valence-corrected chi connectivity index (χ1v) is 13.5. The maximum atomic E-state index is 13.2. The standard InChI is InChI=1S/C26H39IN2O5/c1-3-5-7-10-15-29(24(31)13-6-4-2)21-17-19(26(33)28-14-16-30)18-23(25(21)32)34-22-12-9-8-11-20(22)27/h8-9,11-12,18,21,23,25,30,32H,3-7,10,13-17H2,1-2H3,(H,28,33). The molecule has 0 radical (unpaired) electrons. The molecule has 3 N–H and O–H groups in total. The molecule has 1 aromatic carbocycles. The second-order valence-electron chi connectivity index (χ2n) is 8.70. The van der Waals surface area contributed by atoms with Crippen LogP contribution < -0.4 is 10.1 Å². The Kier molecular flexibility index (Phi) is 12.9. The molecule has 0 aliphatic heterocycles. The minimum Gasteiger partial charge on any atom is -0.482 e. The van der Waals surface area contributed by atoms with E-state index in [9.17, 15) is 14.7 Å². The molecule has 3 atom stereocenters. The summed E-state index contributed by atoms with van der Waals surface area (Å²) in [5, 5.41) is 23.2. The van der Waals surface area contributed by atoms with Gasteiger partial charge in [0.15, 0.2) is 0 Å². The van der Waals surface area contributed by atoms with Gasteiger partial charge in [0, 0.05) is 31.5 Å². The van der Waals surface area contributed by atoms with E-state index < -0.39 is 18.2 Å². The summed E-state index contributed by atoms with van der Waals surface area (Å²) in [6.07, 6.45) is 6.33. The Hall–Kier alpha value is -1.65. The van der Waals surface area contributed by atoms with E-state index in [-0.39, 0.29) is 31.4 Å². The Labute approximate surface area is 217 Å².